The number of hydrogen-bond acceptors (Lipinski definition) is 1. The molecule has 0 spiro atoms. The second kappa shape index (κ2) is 2.33. The van der Waals surface area contributed by atoms with Gasteiger partial charge in [-0.3, -0.25) is 0 Å². The molecule has 41 valence electrons. The lowest BCUT2D eigenvalue weighted by molar-refractivity contribution is 1.32. The maximum absolute atomic E-state index is 5.48. The average molecular weight is 147 g/mol. The van der Waals surface area contributed by atoms with E-state index in [1.165, 1.54) is 6.20 Å². The van der Waals surface area contributed by atoms with Crippen LogP contribution in [0, 0.1) is 6.07 Å². The summed E-state index contributed by atoms with van der Waals surface area (Å²) in [7, 11) is 0. The first-order chi connectivity index (χ1) is 3.80. The van der Waals surface area contributed by atoms with Gasteiger partial charge in [0.25, 0.3) is 0 Å². The molecule has 0 aromatic carbocycles. The van der Waals surface area contributed by atoms with Crippen molar-refractivity contribution >= 4 is 23.2 Å². The largest absolute Gasteiger partial charge is 0.242 e. The lowest BCUT2D eigenvalue weighted by atomic mass is 10.5. The molecule has 1 nitrogen and oxygen atoms in total. The van der Waals surface area contributed by atoms with Gasteiger partial charge < -0.3 is 0 Å². The van der Waals surface area contributed by atoms with Gasteiger partial charge in [-0.25, -0.2) is 4.98 Å². The molecule has 0 atom stereocenters. The molecular weight excluding hydrogens is 145 g/mol. The summed E-state index contributed by atoms with van der Waals surface area (Å²) in [5.74, 6) is 0. The van der Waals surface area contributed by atoms with Crippen molar-refractivity contribution in [1.29, 1.82) is 0 Å². The van der Waals surface area contributed by atoms with Crippen molar-refractivity contribution in [3.63, 3.8) is 0 Å². The normalized spacial score (nSPS) is 9.25. The Morgan fingerprint density at radius 2 is 2.25 bits per heavy atom. The van der Waals surface area contributed by atoms with E-state index in [0.717, 1.165) is 0 Å². The second-order valence-electron chi connectivity index (χ2n) is 1.21. The Bertz CT molecular complexity index is 167. The Kier molecular flexibility index (Phi) is 1.71. The molecule has 0 saturated carbocycles. The monoisotopic (exact) mass is 146 g/mol. The molecule has 0 unspecified atom stereocenters. The summed E-state index contributed by atoms with van der Waals surface area (Å²) in [6.45, 7) is 0. The molecule has 0 aliphatic carbocycles. The molecule has 0 N–H and O–H groups in total. The van der Waals surface area contributed by atoms with Gasteiger partial charge in [-0.2, -0.15) is 0 Å². The third-order valence-corrected chi connectivity index (χ3v) is 1.35. The summed E-state index contributed by atoms with van der Waals surface area (Å²) in [4.78, 5) is 3.66. The molecular formula is C5H2Cl2N. The lowest BCUT2D eigenvalue weighted by Crippen LogP contribution is -1.71. The molecule has 1 aromatic rings. The second-order valence-corrected chi connectivity index (χ2v) is 1.97. The van der Waals surface area contributed by atoms with Gasteiger partial charge in [0.1, 0.15) is 5.15 Å². The maximum Gasteiger partial charge on any atom is 0.147 e. The van der Waals surface area contributed by atoms with Crippen LogP contribution < -0.4 is 0 Å². The van der Waals surface area contributed by atoms with E-state index in [1.807, 2.05) is 0 Å². The zero-order chi connectivity index (χ0) is 5.98. The van der Waals surface area contributed by atoms with E-state index >= 15 is 0 Å². The summed E-state index contributed by atoms with van der Waals surface area (Å²) in [5, 5.41) is 0.764. The van der Waals surface area contributed by atoms with Crippen LogP contribution in [-0.2, 0) is 0 Å². The van der Waals surface area contributed by atoms with Crippen LogP contribution in [-0.4, -0.2) is 4.98 Å². The zero-order valence-electron chi connectivity index (χ0n) is 3.86. The van der Waals surface area contributed by atoms with E-state index in [4.69, 9.17) is 23.2 Å². The molecule has 1 heterocycles. The minimum absolute atomic E-state index is 0.324. The predicted octanol–water partition coefficient (Wildman–Crippen LogP) is 2.19. The molecule has 0 aliphatic heterocycles. The lowest BCUT2D eigenvalue weighted by Gasteiger charge is -1.87. The molecule has 0 amide bonds. The third-order valence-electron chi connectivity index (χ3n) is 0.660. The SMILES string of the molecule is Clc1c[c]cnc1Cl. The third kappa shape index (κ3) is 1.11. The van der Waals surface area contributed by atoms with Gasteiger partial charge in [-0.1, -0.05) is 23.2 Å². The van der Waals surface area contributed by atoms with Crippen molar-refractivity contribution in [2.24, 2.45) is 0 Å². The summed E-state index contributed by atoms with van der Waals surface area (Å²) in [6.07, 6.45) is 1.47. The minimum atomic E-state index is 0.324. The highest BCUT2D eigenvalue weighted by Crippen LogP contribution is 2.15. The average Bonchev–Trinajstić information content (AvgIpc) is 1.77. The standard InChI is InChI=1S/C5H2Cl2N/c6-4-2-1-3-8-5(4)7/h2-3H. The molecule has 1 aromatic heterocycles. The summed E-state index contributed by atoms with van der Waals surface area (Å²) < 4.78 is 0. The van der Waals surface area contributed by atoms with Gasteiger partial charge in [0, 0.05) is 12.3 Å². The number of hydrogen-bond donors (Lipinski definition) is 0. The van der Waals surface area contributed by atoms with E-state index in [1.54, 1.807) is 6.07 Å². The predicted molar refractivity (Wildman–Crippen MR) is 33.1 cm³/mol. The van der Waals surface area contributed by atoms with E-state index in [2.05, 4.69) is 11.1 Å². The number of nitrogens with zero attached hydrogens (tertiary/aromatic N) is 1. The first-order valence-electron chi connectivity index (χ1n) is 1.98. The number of rotatable bonds is 0. The summed E-state index contributed by atoms with van der Waals surface area (Å²) in [5.41, 5.74) is 0. The molecule has 0 fully saturated rings. The van der Waals surface area contributed by atoms with Crippen LogP contribution in [0.15, 0.2) is 12.3 Å². The van der Waals surface area contributed by atoms with Crippen molar-refractivity contribution in [2.75, 3.05) is 0 Å². The Balaban J connectivity index is 3.13. The minimum Gasteiger partial charge on any atom is -0.242 e. The Morgan fingerprint density at radius 1 is 1.50 bits per heavy atom. The van der Waals surface area contributed by atoms with Gasteiger partial charge in [0.05, 0.1) is 5.02 Å². The fraction of sp³-hybridized carbons (Fsp3) is 0. The van der Waals surface area contributed by atoms with E-state index in [0.29, 0.717) is 10.2 Å². The molecule has 0 saturated heterocycles. The number of aromatic nitrogens is 1. The van der Waals surface area contributed by atoms with E-state index < -0.39 is 0 Å². The van der Waals surface area contributed by atoms with Gasteiger partial charge in [0.15, 0.2) is 0 Å². The van der Waals surface area contributed by atoms with Crippen molar-refractivity contribution in [2.45, 2.75) is 0 Å². The van der Waals surface area contributed by atoms with Gasteiger partial charge in [-0.15, -0.1) is 0 Å². The van der Waals surface area contributed by atoms with E-state index in [9.17, 15) is 0 Å². The number of halogens is 2. The van der Waals surface area contributed by atoms with Crippen LogP contribution in [0.1, 0.15) is 0 Å². The highest BCUT2D eigenvalue weighted by Gasteiger charge is 1.91. The van der Waals surface area contributed by atoms with Gasteiger partial charge >= 0.3 is 0 Å². The quantitative estimate of drug-likeness (QED) is 0.512. The first-order valence-corrected chi connectivity index (χ1v) is 2.73. The first kappa shape index (κ1) is 5.86. The maximum atomic E-state index is 5.48. The van der Waals surface area contributed by atoms with Gasteiger partial charge in [0.2, 0.25) is 0 Å². The summed E-state index contributed by atoms with van der Waals surface area (Å²) >= 11 is 10.9. The van der Waals surface area contributed by atoms with Crippen molar-refractivity contribution in [1.82, 2.24) is 4.98 Å². The fourth-order valence-corrected chi connectivity index (χ4v) is 0.541. The molecule has 3 heteroatoms. The van der Waals surface area contributed by atoms with E-state index in [-0.39, 0.29) is 0 Å². The van der Waals surface area contributed by atoms with Crippen molar-refractivity contribution < 1.29 is 0 Å². The van der Waals surface area contributed by atoms with Crippen LogP contribution in [0.25, 0.3) is 0 Å². The molecule has 1 rings (SSSR count). The van der Waals surface area contributed by atoms with Crippen LogP contribution in [0.3, 0.4) is 0 Å². The van der Waals surface area contributed by atoms with Crippen molar-refractivity contribution in [3.05, 3.63) is 28.5 Å². The van der Waals surface area contributed by atoms with Crippen LogP contribution in [0.4, 0.5) is 0 Å². The highest BCUT2D eigenvalue weighted by molar-refractivity contribution is 6.41. The Labute approximate surface area is 57.3 Å². The Hall–Kier alpha value is -0.270. The highest BCUT2D eigenvalue weighted by atomic mass is 35.5. The molecule has 0 bridgehead atoms. The number of pyridine rings is 1. The van der Waals surface area contributed by atoms with Crippen molar-refractivity contribution in [3.8, 4) is 0 Å². The fourth-order valence-electron chi connectivity index (χ4n) is 0.326. The van der Waals surface area contributed by atoms with Gasteiger partial charge in [-0.05, 0) is 6.07 Å². The summed E-state index contributed by atoms with van der Waals surface area (Å²) in [6, 6.07) is 4.24. The Morgan fingerprint density at radius 3 is 2.62 bits per heavy atom. The van der Waals surface area contributed by atoms with Crippen LogP contribution in [0.2, 0.25) is 10.2 Å². The topological polar surface area (TPSA) is 12.9 Å². The van der Waals surface area contributed by atoms with Crippen LogP contribution >= 0.6 is 23.2 Å². The molecule has 8 heavy (non-hydrogen) atoms. The van der Waals surface area contributed by atoms with Crippen LogP contribution in [0.5, 0.6) is 0 Å². The molecule has 1 radical (unpaired) electrons. The smallest absolute Gasteiger partial charge is 0.147 e. The zero-order valence-corrected chi connectivity index (χ0v) is 5.37. The molecule has 0 aliphatic rings.